The summed E-state index contributed by atoms with van der Waals surface area (Å²) in [6, 6.07) is -2.52. The predicted molar refractivity (Wildman–Crippen MR) is 366 cm³/mol. The summed E-state index contributed by atoms with van der Waals surface area (Å²) in [5.74, 6) is -6.09. The number of unbranched alkanes of at least 4 members (excludes halogenated alkanes) is 40. The fraction of sp³-hybridized carbons (Fsp3) is 0.959. The zero-order valence-electron chi connectivity index (χ0n) is 59.5. The van der Waals surface area contributed by atoms with E-state index in [0.717, 1.165) is 51.9 Å². The van der Waals surface area contributed by atoms with Crippen molar-refractivity contribution in [3.05, 3.63) is 0 Å². The Kier molecular flexibility index (Phi) is 49.0. The van der Waals surface area contributed by atoms with Gasteiger partial charge in [0.2, 0.25) is 11.8 Å². The molecule has 3 aliphatic heterocycles. The highest BCUT2D eigenvalue weighted by Gasteiger charge is 2.60. The summed E-state index contributed by atoms with van der Waals surface area (Å²) >= 11 is 0. The molecule has 566 valence electrons. The Morgan fingerprint density at radius 1 is 0.500 bits per heavy atom. The zero-order chi connectivity index (χ0) is 70.4. The summed E-state index contributed by atoms with van der Waals surface area (Å²) in [7, 11) is 0. The normalized spacial score (nSPS) is 27.5. The number of carbonyl (C=O) groups excluding carboxylic acids is 2. The molecule has 0 aliphatic carbocycles. The molecule has 23 nitrogen and oxygen atoms in total. The van der Waals surface area contributed by atoms with Crippen molar-refractivity contribution < 1.29 is 104 Å². The fourth-order valence-electron chi connectivity index (χ4n) is 13.7. The van der Waals surface area contributed by atoms with Crippen LogP contribution in [0.15, 0.2) is 0 Å². The van der Waals surface area contributed by atoms with Crippen molar-refractivity contribution in [2.75, 3.05) is 26.4 Å². The van der Waals surface area contributed by atoms with Crippen LogP contribution >= 0.6 is 0 Å². The molecule has 0 aromatic heterocycles. The van der Waals surface area contributed by atoms with Gasteiger partial charge >= 0.3 is 5.97 Å². The van der Waals surface area contributed by atoms with Gasteiger partial charge < -0.3 is 100 Å². The Labute approximate surface area is 576 Å². The molecule has 3 rings (SSSR count). The van der Waals surface area contributed by atoms with E-state index < -0.39 is 148 Å². The highest BCUT2D eigenvalue weighted by molar-refractivity contribution is 5.77. The Morgan fingerprint density at radius 3 is 1.30 bits per heavy atom. The van der Waals surface area contributed by atoms with Crippen molar-refractivity contribution in [3.63, 3.8) is 0 Å². The molecule has 14 N–H and O–H groups in total. The van der Waals surface area contributed by atoms with Gasteiger partial charge in [-0.15, -0.1) is 0 Å². The third-order valence-corrected chi connectivity index (χ3v) is 19.8. The minimum Gasteiger partial charge on any atom is -0.477 e. The fourth-order valence-corrected chi connectivity index (χ4v) is 13.7. The number of aliphatic hydroxyl groups excluding tert-OH is 11. The van der Waals surface area contributed by atoms with E-state index in [-0.39, 0.29) is 18.9 Å². The molecule has 0 bridgehead atoms. The van der Waals surface area contributed by atoms with Gasteiger partial charge in [-0.2, -0.15) is 0 Å². The molecule has 2 amide bonds. The van der Waals surface area contributed by atoms with E-state index in [1.807, 2.05) is 0 Å². The first-order valence-electron chi connectivity index (χ1n) is 38.4. The molecule has 0 aromatic rings. The number of aliphatic hydroxyl groups is 11. The molecule has 18 atom stereocenters. The van der Waals surface area contributed by atoms with Gasteiger partial charge in [0.25, 0.3) is 5.79 Å². The maximum Gasteiger partial charge on any atom is 0.364 e. The lowest BCUT2D eigenvalue weighted by molar-refractivity contribution is -0.386. The van der Waals surface area contributed by atoms with Crippen LogP contribution in [0, 0.1) is 0 Å². The first kappa shape index (κ1) is 87.9. The van der Waals surface area contributed by atoms with Gasteiger partial charge in [0.15, 0.2) is 12.6 Å². The Balaban J connectivity index is 1.45. The number of carboxylic acids is 1. The van der Waals surface area contributed by atoms with Gasteiger partial charge in [-0.1, -0.05) is 277 Å². The number of ether oxygens (including phenoxy) is 6. The monoisotopic (exact) mass is 1380 g/mol. The van der Waals surface area contributed by atoms with Crippen LogP contribution in [0.4, 0.5) is 0 Å². The van der Waals surface area contributed by atoms with E-state index in [1.54, 1.807) is 0 Å². The number of hydrogen-bond acceptors (Lipinski definition) is 20. The number of nitrogens with one attached hydrogen (secondary N) is 2. The SMILES string of the molecule is CCCCCCCCCCCCCCCCCCCCCCCCCCCCCCCCCC(=O)NC(COC1OC(CO)C(OC2OC(CO)C(O)C(OC3(C(=O)O)CC(O)C(NC(C)=O)C(C(O)C(O)CO)O3)C2O)C(O)C1O)C(O)CCCCCCCCCCCCC. The number of rotatable bonds is 60. The second-order valence-corrected chi connectivity index (χ2v) is 28.2. The van der Waals surface area contributed by atoms with Gasteiger partial charge in [0.05, 0.1) is 50.7 Å². The maximum absolute atomic E-state index is 13.5. The predicted octanol–water partition coefficient (Wildman–Crippen LogP) is 8.85. The average Bonchev–Trinajstić information content (AvgIpc) is 0.758. The van der Waals surface area contributed by atoms with E-state index in [9.17, 15) is 75.7 Å². The van der Waals surface area contributed by atoms with Crippen LogP contribution in [0.2, 0.25) is 0 Å². The first-order chi connectivity index (χ1) is 46.4. The summed E-state index contributed by atoms with van der Waals surface area (Å²) in [5.41, 5.74) is 0. The summed E-state index contributed by atoms with van der Waals surface area (Å²) in [6.07, 6.45) is 24.3. The van der Waals surface area contributed by atoms with Crippen molar-refractivity contribution in [1.82, 2.24) is 10.6 Å². The minimum atomic E-state index is -3.08. The van der Waals surface area contributed by atoms with Crippen molar-refractivity contribution in [2.24, 2.45) is 0 Å². The third kappa shape index (κ3) is 34.6. The smallest absolute Gasteiger partial charge is 0.364 e. The number of amides is 2. The van der Waals surface area contributed by atoms with Crippen LogP contribution in [0.1, 0.15) is 310 Å². The first-order valence-corrected chi connectivity index (χ1v) is 38.4. The molecule has 0 spiro atoms. The maximum atomic E-state index is 13.5. The lowest BCUT2D eigenvalue weighted by Crippen LogP contribution is -2.70. The molecule has 0 saturated carbocycles. The topological polar surface area (TPSA) is 373 Å². The van der Waals surface area contributed by atoms with E-state index in [2.05, 4.69) is 24.5 Å². The standard InChI is InChI=1S/C73H138N2O21/c1-4-6-8-10-12-14-16-17-18-19-20-21-22-23-24-25-26-27-28-29-30-31-32-33-34-35-37-39-41-43-45-47-60(83)75-54(55(80)46-44-42-40-38-36-15-13-11-9-7-5-2)52-91-70-65(87)64(86)67(59(51-78)93-70)94-71-66(88)69(63(85)58(50-77)92-71)96-73(72(89)90)48-56(81)61(74-53(3)79)68(95-73)62(84)57(82)49-76/h54-59,61-71,76-78,80-82,84-88H,4-52H2,1-3H3,(H,74,79)(H,75,83)(H,89,90). The highest BCUT2D eigenvalue weighted by Crippen LogP contribution is 2.39. The largest absolute Gasteiger partial charge is 0.477 e. The summed E-state index contributed by atoms with van der Waals surface area (Å²) in [6.45, 7) is 2.22. The van der Waals surface area contributed by atoms with Crippen LogP contribution in [0.25, 0.3) is 0 Å². The van der Waals surface area contributed by atoms with Crippen molar-refractivity contribution in [1.29, 1.82) is 0 Å². The zero-order valence-corrected chi connectivity index (χ0v) is 59.5. The van der Waals surface area contributed by atoms with E-state index in [0.29, 0.717) is 19.3 Å². The van der Waals surface area contributed by atoms with Gasteiger partial charge in [0, 0.05) is 19.8 Å². The molecule has 96 heavy (non-hydrogen) atoms. The van der Waals surface area contributed by atoms with Crippen molar-refractivity contribution in [2.45, 2.75) is 420 Å². The summed E-state index contributed by atoms with van der Waals surface area (Å²) in [5, 5.41) is 136. The van der Waals surface area contributed by atoms with Gasteiger partial charge in [-0.05, 0) is 12.8 Å². The van der Waals surface area contributed by atoms with Crippen LogP contribution in [-0.2, 0) is 42.8 Å². The quantitative estimate of drug-likeness (QED) is 0.0253. The Hall–Kier alpha value is -2.27. The van der Waals surface area contributed by atoms with Gasteiger partial charge in [-0.25, -0.2) is 4.79 Å². The number of carbonyl (C=O) groups is 3. The minimum absolute atomic E-state index is 0.229. The Morgan fingerprint density at radius 2 is 0.906 bits per heavy atom. The second-order valence-electron chi connectivity index (χ2n) is 28.2. The lowest BCUT2D eigenvalue weighted by Gasteiger charge is -2.50. The summed E-state index contributed by atoms with van der Waals surface area (Å²) < 4.78 is 34.9. The van der Waals surface area contributed by atoms with E-state index in [4.69, 9.17) is 28.4 Å². The van der Waals surface area contributed by atoms with Crippen LogP contribution in [-0.4, -0.2) is 215 Å². The van der Waals surface area contributed by atoms with Crippen molar-refractivity contribution >= 4 is 17.8 Å². The molecule has 3 saturated heterocycles. The second kappa shape index (κ2) is 53.5. The van der Waals surface area contributed by atoms with Crippen LogP contribution in [0.3, 0.4) is 0 Å². The molecule has 3 fully saturated rings. The van der Waals surface area contributed by atoms with Crippen LogP contribution < -0.4 is 10.6 Å². The number of carboxylic acid groups (broad SMARTS) is 1. The molecule has 23 heteroatoms. The summed E-state index contributed by atoms with van der Waals surface area (Å²) in [4.78, 5) is 38.6. The van der Waals surface area contributed by atoms with Gasteiger partial charge in [0.1, 0.15) is 67.1 Å². The Bertz CT molecular complexity index is 1930. The molecule has 18 unspecified atom stereocenters. The number of hydrogen-bond donors (Lipinski definition) is 14. The molecule has 0 radical (unpaired) electrons. The molecular formula is C73H138N2O21. The van der Waals surface area contributed by atoms with E-state index in [1.165, 1.54) is 212 Å². The third-order valence-electron chi connectivity index (χ3n) is 19.8. The van der Waals surface area contributed by atoms with E-state index >= 15 is 0 Å². The molecule has 3 heterocycles. The highest BCUT2D eigenvalue weighted by atomic mass is 16.8. The molecule has 0 aromatic carbocycles. The lowest BCUT2D eigenvalue weighted by atomic mass is 9.88. The molecular weight excluding hydrogens is 1240 g/mol. The van der Waals surface area contributed by atoms with Crippen molar-refractivity contribution in [3.8, 4) is 0 Å². The average molecular weight is 1380 g/mol. The van der Waals surface area contributed by atoms with Gasteiger partial charge in [-0.3, -0.25) is 9.59 Å². The number of aliphatic carboxylic acids is 1. The van der Waals surface area contributed by atoms with Crippen LogP contribution in [0.5, 0.6) is 0 Å². The molecule has 3 aliphatic rings.